The molecule has 0 aliphatic carbocycles. The highest BCUT2D eigenvalue weighted by atomic mass is 32.2. The van der Waals surface area contributed by atoms with E-state index in [1.54, 1.807) is 27.7 Å². The second-order valence-corrected chi connectivity index (χ2v) is 12.0. The molecule has 1 atom stereocenters. The van der Waals surface area contributed by atoms with Gasteiger partial charge in [0.1, 0.15) is 16.5 Å². The van der Waals surface area contributed by atoms with Crippen molar-refractivity contribution in [1.29, 1.82) is 0 Å². The first-order valence-electron chi connectivity index (χ1n) is 12.5. The van der Waals surface area contributed by atoms with E-state index in [4.69, 9.17) is 9.47 Å². The van der Waals surface area contributed by atoms with Crippen molar-refractivity contribution in [3.05, 3.63) is 69.7 Å². The van der Waals surface area contributed by atoms with Crippen LogP contribution in [0.3, 0.4) is 0 Å². The minimum Gasteiger partial charge on any atom is -0.437 e. The summed E-state index contributed by atoms with van der Waals surface area (Å²) in [5.74, 6) is -1.43. The van der Waals surface area contributed by atoms with Crippen LogP contribution in [0.2, 0.25) is 0 Å². The van der Waals surface area contributed by atoms with E-state index in [-0.39, 0.29) is 41.2 Å². The van der Waals surface area contributed by atoms with E-state index in [0.29, 0.717) is 6.61 Å². The van der Waals surface area contributed by atoms with Crippen molar-refractivity contribution in [3.8, 4) is 17.3 Å². The van der Waals surface area contributed by atoms with Gasteiger partial charge in [0.05, 0.1) is 16.7 Å². The number of halogens is 1. The van der Waals surface area contributed by atoms with Gasteiger partial charge in [-0.15, -0.1) is 0 Å². The summed E-state index contributed by atoms with van der Waals surface area (Å²) in [6.45, 7) is 7.29. The van der Waals surface area contributed by atoms with Gasteiger partial charge in [0.2, 0.25) is 15.9 Å². The van der Waals surface area contributed by atoms with Gasteiger partial charge >= 0.3 is 0 Å². The van der Waals surface area contributed by atoms with Gasteiger partial charge in [-0.1, -0.05) is 6.07 Å². The lowest BCUT2D eigenvalue weighted by molar-refractivity contribution is -0.385. The lowest BCUT2D eigenvalue weighted by Gasteiger charge is -2.21. The van der Waals surface area contributed by atoms with Crippen LogP contribution in [0.15, 0.2) is 47.4 Å². The molecule has 214 valence electrons. The molecule has 4 rings (SSSR count). The second-order valence-electron chi connectivity index (χ2n) is 10.4. The molecule has 0 unspecified atom stereocenters. The number of nitro groups is 1. The normalized spacial score (nSPS) is 15.7. The summed E-state index contributed by atoms with van der Waals surface area (Å²) < 4.78 is 55.9. The molecule has 0 bridgehead atoms. The molecule has 12 nitrogen and oxygen atoms in total. The number of carbonyl (C=O) groups excluding carboxylic acids is 1. The molecule has 2 aromatic carbocycles. The molecule has 1 fully saturated rings. The van der Waals surface area contributed by atoms with Gasteiger partial charge in [-0.2, -0.15) is 9.78 Å². The Kier molecular flexibility index (Phi) is 8.23. The average Bonchev–Trinajstić information content (AvgIpc) is 3.49. The van der Waals surface area contributed by atoms with Crippen molar-refractivity contribution in [2.75, 3.05) is 13.2 Å². The summed E-state index contributed by atoms with van der Waals surface area (Å²) in [5.41, 5.74) is -0.966. The zero-order valence-electron chi connectivity index (χ0n) is 22.4. The number of hydrogen-bond acceptors (Lipinski definition) is 8. The first-order valence-corrected chi connectivity index (χ1v) is 14.0. The molecule has 3 aromatic rings. The minimum atomic E-state index is -4.31. The van der Waals surface area contributed by atoms with Crippen molar-refractivity contribution in [3.63, 3.8) is 0 Å². The zero-order valence-corrected chi connectivity index (χ0v) is 23.2. The Bertz CT molecular complexity index is 1540. The fourth-order valence-electron chi connectivity index (χ4n) is 4.16. The van der Waals surface area contributed by atoms with Crippen molar-refractivity contribution in [1.82, 2.24) is 19.8 Å². The lowest BCUT2D eigenvalue weighted by Crippen LogP contribution is -2.40. The van der Waals surface area contributed by atoms with E-state index in [1.165, 1.54) is 28.9 Å². The van der Waals surface area contributed by atoms with Gasteiger partial charge < -0.3 is 14.8 Å². The molecule has 1 saturated heterocycles. The maximum Gasteiger partial charge on any atom is 0.272 e. The number of nitro benzene ring substituents is 1. The van der Waals surface area contributed by atoms with E-state index >= 15 is 0 Å². The topological polar surface area (TPSA) is 155 Å². The Morgan fingerprint density at radius 3 is 2.65 bits per heavy atom. The van der Waals surface area contributed by atoms with Crippen LogP contribution in [0.4, 0.5) is 10.1 Å². The van der Waals surface area contributed by atoms with Gasteiger partial charge in [0.15, 0.2) is 5.69 Å². The van der Waals surface area contributed by atoms with Crippen LogP contribution >= 0.6 is 0 Å². The van der Waals surface area contributed by atoms with Crippen LogP contribution in [0.1, 0.15) is 49.7 Å². The largest absolute Gasteiger partial charge is 0.437 e. The number of aromatic nitrogens is 2. The summed E-state index contributed by atoms with van der Waals surface area (Å²) >= 11 is 0. The molecule has 0 radical (unpaired) electrons. The standard InChI is InChI=1S/C26H30FN5O7S/c1-16-23(24(33)28-15-20-9-6-12-38-20)29-31(18-8-5-7-17(27)13-18)25(16)39-21-11-10-19(32(34)35)14-22(21)40(36,37)30-26(2,3)4/h5,7-8,10-11,13-14,20,30H,6,9,12,15H2,1-4H3,(H,28,33)/t20-/m0/s1. The number of non-ortho nitro benzene ring substituents is 1. The maximum absolute atomic E-state index is 14.1. The van der Waals surface area contributed by atoms with Crippen LogP contribution in [0.5, 0.6) is 11.6 Å². The highest BCUT2D eigenvalue weighted by Gasteiger charge is 2.30. The third-order valence-electron chi connectivity index (χ3n) is 5.93. The van der Waals surface area contributed by atoms with Gasteiger partial charge in [-0.3, -0.25) is 14.9 Å². The Morgan fingerprint density at radius 1 is 1.27 bits per heavy atom. The predicted octanol–water partition coefficient (Wildman–Crippen LogP) is 4.01. The number of rotatable bonds is 9. The number of nitrogens with zero attached hydrogens (tertiary/aromatic N) is 3. The second kappa shape index (κ2) is 11.3. The number of nitrogens with one attached hydrogen (secondary N) is 2. The number of benzene rings is 2. The average molecular weight is 576 g/mol. The van der Waals surface area contributed by atoms with E-state index < -0.39 is 42.8 Å². The summed E-state index contributed by atoms with van der Waals surface area (Å²) in [4.78, 5) is 23.3. The third kappa shape index (κ3) is 6.63. The molecule has 1 aliphatic rings. The van der Waals surface area contributed by atoms with Crippen LogP contribution in [0.25, 0.3) is 5.69 Å². The maximum atomic E-state index is 14.1. The molecule has 2 N–H and O–H groups in total. The van der Waals surface area contributed by atoms with Crippen molar-refractivity contribution < 1.29 is 32.0 Å². The molecule has 14 heteroatoms. The van der Waals surface area contributed by atoms with Gasteiger partial charge in [0, 0.05) is 36.4 Å². The highest BCUT2D eigenvalue weighted by Crippen LogP contribution is 2.36. The summed E-state index contributed by atoms with van der Waals surface area (Å²) in [7, 11) is -4.31. The van der Waals surface area contributed by atoms with Crippen LogP contribution in [-0.2, 0) is 14.8 Å². The van der Waals surface area contributed by atoms with E-state index in [1.807, 2.05) is 0 Å². The third-order valence-corrected chi connectivity index (χ3v) is 7.70. The van der Waals surface area contributed by atoms with Crippen LogP contribution in [0, 0.1) is 22.9 Å². The smallest absolute Gasteiger partial charge is 0.272 e. The minimum absolute atomic E-state index is 0.0311. The van der Waals surface area contributed by atoms with E-state index in [0.717, 1.165) is 31.0 Å². The molecular formula is C26H30FN5O7S. The monoisotopic (exact) mass is 575 g/mol. The summed E-state index contributed by atoms with van der Waals surface area (Å²) in [6.07, 6.45) is 1.59. The predicted molar refractivity (Wildman–Crippen MR) is 143 cm³/mol. The van der Waals surface area contributed by atoms with Crippen molar-refractivity contribution in [2.24, 2.45) is 0 Å². The van der Waals surface area contributed by atoms with Crippen LogP contribution < -0.4 is 14.8 Å². The first-order chi connectivity index (χ1) is 18.7. The van der Waals surface area contributed by atoms with Crippen LogP contribution in [-0.4, -0.2) is 53.8 Å². The Labute approximate surface area is 230 Å². The summed E-state index contributed by atoms with van der Waals surface area (Å²) in [5, 5.41) is 18.6. The van der Waals surface area contributed by atoms with Gasteiger partial charge in [-0.25, -0.2) is 17.5 Å². The molecule has 1 amide bonds. The quantitative estimate of drug-likeness (QED) is 0.287. The molecule has 2 heterocycles. The summed E-state index contributed by atoms with van der Waals surface area (Å²) in [6, 6.07) is 8.50. The van der Waals surface area contributed by atoms with Gasteiger partial charge in [-0.05, 0) is 64.8 Å². The highest BCUT2D eigenvalue weighted by molar-refractivity contribution is 7.89. The van der Waals surface area contributed by atoms with Crippen molar-refractivity contribution >= 4 is 21.6 Å². The van der Waals surface area contributed by atoms with Gasteiger partial charge in [0.25, 0.3) is 11.6 Å². The fraction of sp³-hybridized carbons (Fsp3) is 0.385. The SMILES string of the molecule is Cc1c(C(=O)NC[C@@H]2CCCO2)nn(-c2cccc(F)c2)c1Oc1ccc([N+](=O)[O-])cc1S(=O)(=O)NC(C)(C)C. The molecule has 1 aliphatic heterocycles. The molecule has 1 aromatic heterocycles. The first kappa shape index (κ1) is 29.1. The number of amides is 1. The Balaban J connectivity index is 1.80. The molecular weight excluding hydrogens is 545 g/mol. The number of sulfonamides is 1. The molecule has 0 spiro atoms. The number of hydrogen-bond donors (Lipinski definition) is 2. The fourth-order valence-corrected chi connectivity index (χ4v) is 5.73. The number of carbonyl (C=O) groups is 1. The Hall–Kier alpha value is -3.88. The lowest BCUT2D eigenvalue weighted by atomic mass is 10.1. The van der Waals surface area contributed by atoms with E-state index in [9.17, 15) is 27.7 Å². The zero-order chi connectivity index (χ0) is 29.2. The van der Waals surface area contributed by atoms with Crippen molar-refractivity contribution in [2.45, 2.75) is 57.1 Å². The molecule has 0 saturated carbocycles. The number of ether oxygens (including phenoxy) is 2. The Morgan fingerprint density at radius 2 is 2.02 bits per heavy atom. The molecule has 40 heavy (non-hydrogen) atoms. The van der Waals surface area contributed by atoms with E-state index in [2.05, 4.69) is 15.1 Å².